The van der Waals surface area contributed by atoms with Gasteiger partial charge in [-0.05, 0) is 79.5 Å². The van der Waals surface area contributed by atoms with Gasteiger partial charge in [0, 0.05) is 12.1 Å². The van der Waals surface area contributed by atoms with Gasteiger partial charge in [-0.15, -0.1) is 5.10 Å². The highest BCUT2D eigenvalue weighted by atomic mass is 16.5. The van der Waals surface area contributed by atoms with E-state index < -0.39 is 0 Å². The topological polar surface area (TPSA) is 90.1 Å². The van der Waals surface area contributed by atoms with Crippen LogP contribution in [0.5, 0.6) is 0 Å². The van der Waals surface area contributed by atoms with Crippen molar-refractivity contribution in [3.8, 4) is 0 Å². The van der Waals surface area contributed by atoms with E-state index in [9.17, 15) is 4.79 Å². The quantitative estimate of drug-likeness (QED) is 0.650. The first-order valence-electron chi connectivity index (χ1n) is 11.5. The van der Waals surface area contributed by atoms with Gasteiger partial charge in [-0.25, -0.2) is 4.68 Å². The van der Waals surface area contributed by atoms with Crippen LogP contribution >= 0.6 is 0 Å². The highest BCUT2D eigenvalue weighted by Crippen LogP contribution is 2.21. The maximum Gasteiger partial charge on any atom is 0.258 e. The number of nitrogens with one attached hydrogen (secondary N) is 2. The van der Waals surface area contributed by atoms with Crippen LogP contribution in [-0.2, 0) is 11.3 Å². The number of quaternary nitrogens is 1. The zero-order chi connectivity index (χ0) is 21.2. The molecule has 2 aromatic heterocycles. The summed E-state index contributed by atoms with van der Waals surface area (Å²) in [7, 11) is 0. The van der Waals surface area contributed by atoms with E-state index >= 15 is 0 Å². The minimum atomic E-state index is -0.192. The molecule has 164 valence electrons. The summed E-state index contributed by atoms with van der Waals surface area (Å²) in [6, 6.07) is 7.99. The summed E-state index contributed by atoms with van der Waals surface area (Å²) in [5, 5.41) is 13.8. The lowest BCUT2D eigenvalue weighted by atomic mass is 10.0. The van der Waals surface area contributed by atoms with Gasteiger partial charge in [0.2, 0.25) is 5.82 Å². The molecule has 0 radical (unpaired) electrons. The molecule has 3 aromatic rings. The second-order valence-electron chi connectivity index (χ2n) is 9.00. The second-order valence-corrected chi connectivity index (χ2v) is 9.00. The van der Waals surface area contributed by atoms with Crippen molar-refractivity contribution in [2.45, 2.75) is 64.1 Å². The predicted octanol–water partition coefficient (Wildman–Crippen LogP) is 1.55. The van der Waals surface area contributed by atoms with E-state index in [4.69, 9.17) is 4.74 Å². The van der Waals surface area contributed by atoms with Crippen molar-refractivity contribution in [2.24, 2.45) is 0 Å². The number of aromatic nitrogens is 5. The summed E-state index contributed by atoms with van der Waals surface area (Å²) in [6.45, 7) is 5.54. The van der Waals surface area contributed by atoms with Crippen molar-refractivity contribution >= 4 is 10.9 Å². The van der Waals surface area contributed by atoms with Crippen molar-refractivity contribution in [3.05, 3.63) is 51.6 Å². The van der Waals surface area contributed by atoms with Crippen molar-refractivity contribution in [3.63, 3.8) is 0 Å². The Bertz CT molecular complexity index is 1090. The Morgan fingerprint density at radius 3 is 2.81 bits per heavy atom. The van der Waals surface area contributed by atoms with E-state index in [-0.39, 0.29) is 17.7 Å². The molecule has 0 bridgehead atoms. The van der Waals surface area contributed by atoms with Crippen LogP contribution in [0.3, 0.4) is 0 Å². The minimum absolute atomic E-state index is 0.0511. The first-order valence-corrected chi connectivity index (χ1v) is 11.5. The van der Waals surface area contributed by atoms with Crippen LogP contribution in [0, 0.1) is 6.92 Å². The molecular weight excluding hydrogens is 392 g/mol. The average Bonchev–Trinajstić information content (AvgIpc) is 3.36. The Balaban J connectivity index is 1.60. The maximum absolute atomic E-state index is 13.3. The van der Waals surface area contributed by atoms with E-state index in [1.54, 1.807) is 0 Å². The molecule has 0 aliphatic carbocycles. The third kappa shape index (κ3) is 4.27. The Morgan fingerprint density at radius 1 is 1.19 bits per heavy atom. The summed E-state index contributed by atoms with van der Waals surface area (Å²) in [4.78, 5) is 17.7. The number of ether oxygens (including phenoxy) is 1. The van der Waals surface area contributed by atoms with Gasteiger partial charge in [-0.1, -0.05) is 11.6 Å². The summed E-state index contributed by atoms with van der Waals surface area (Å²) in [6.07, 6.45) is 7.03. The molecule has 8 nitrogen and oxygen atoms in total. The summed E-state index contributed by atoms with van der Waals surface area (Å²) >= 11 is 0. The maximum atomic E-state index is 13.3. The van der Waals surface area contributed by atoms with Gasteiger partial charge in [-0.2, -0.15) is 0 Å². The van der Waals surface area contributed by atoms with E-state index in [1.165, 1.54) is 23.3 Å². The van der Waals surface area contributed by atoms with Crippen molar-refractivity contribution in [2.75, 3.05) is 19.7 Å². The van der Waals surface area contributed by atoms with E-state index in [0.29, 0.717) is 6.54 Å². The third-order valence-electron chi connectivity index (χ3n) is 6.71. The summed E-state index contributed by atoms with van der Waals surface area (Å²) < 4.78 is 7.71. The van der Waals surface area contributed by atoms with Crippen LogP contribution < -0.4 is 10.5 Å². The van der Waals surface area contributed by atoms with Gasteiger partial charge in [0.05, 0.1) is 31.3 Å². The predicted molar refractivity (Wildman–Crippen MR) is 117 cm³/mol. The number of aromatic amines is 1. The molecule has 0 saturated carbocycles. The van der Waals surface area contributed by atoms with Crippen LogP contribution in [0.4, 0.5) is 0 Å². The molecule has 1 aromatic carbocycles. The number of hydrogen-bond acceptors (Lipinski definition) is 5. The van der Waals surface area contributed by atoms with Crippen LogP contribution in [-0.4, -0.2) is 51.0 Å². The van der Waals surface area contributed by atoms with Gasteiger partial charge in [0.1, 0.15) is 0 Å². The zero-order valence-corrected chi connectivity index (χ0v) is 18.1. The van der Waals surface area contributed by atoms with Gasteiger partial charge in [0.15, 0.2) is 6.04 Å². The first kappa shape index (κ1) is 20.3. The molecule has 5 rings (SSSR count). The Kier molecular flexibility index (Phi) is 5.82. The highest BCUT2D eigenvalue weighted by Gasteiger charge is 2.35. The summed E-state index contributed by atoms with van der Waals surface area (Å²) in [5.41, 5.74) is 2.73. The second kappa shape index (κ2) is 8.88. The number of fused-ring (bicyclic) bond motifs is 1. The molecule has 0 unspecified atom stereocenters. The number of hydrogen-bond donors (Lipinski definition) is 2. The fourth-order valence-electron chi connectivity index (χ4n) is 5.10. The SMILES string of the molecule is Cc1ccc2[nH]c(=O)c([C@H](c3nnnn3C[C@@H]3CCCO3)[NH+]3CCCCCC3)cc2c1. The standard InChI is InChI=1S/C23H30N6O2/c1-16-8-9-20-17(13-16)14-19(23(30)24-20)21(28-10-4-2-3-5-11-28)22-25-26-27-29(22)15-18-7-6-12-31-18/h8-9,13-14,18,21H,2-7,10-12,15H2,1H3,(H,24,30)/p+1/t18-,21+/m0/s1. The molecule has 2 N–H and O–H groups in total. The monoisotopic (exact) mass is 423 g/mol. The molecular formula is C23H31N6O2+. The van der Waals surface area contributed by atoms with Crippen molar-refractivity contribution in [1.82, 2.24) is 25.2 Å². The lowest BCUT2D eigenvalue weighted by Gasteiger charge is -2.27. The van der Waals surface area contributed by atoms with Gasteiger partial charge in [-0.3, -0.25) is 4.79 Å². The fourth-order valence-corrected chi connectivity index (χ4v) is 5.10. The van der Waals surface area contributed by atoms with E-state index in [0.717, 1.165) is 67.7 Å². The number of H-pyrrole nitrogens is 1. The Morgan fingerprint density at radius 2 is 2.03 bits per heavy atom. The smallest absolute Gasteiger partial charge is 0.258 e. The largest absolute Gasteiger partial charge is 0.376 e. The van der Waals surface area contributed by atoms with Crippen LogP contribution in [0.2, 0.25) is 0 Å². The molecule has 2 atom stereocenters. The lowest BCUT2D eigenvalue weighted by molar-refractivity contribution is -0.925. The number of nitrogens with zero attached hydrogens (tertiary/aromatic N) is 4. The van der Waals surface area contributed by atoms with Gasteiger partial charge >= 0.3 is 0 Å². The van der Waals surface area contributed by atoms with Crippen LogP contribution in [0.1, 0.15) is 61.5 Å². The molecule has 2 aliphatic rings. The fraction of sp³-hybridized carbons (Fsp3) is 0.565. The number of aryl methyl sites for hydroxylation is 1. The van der Waals surface area contributed by atoms with Gasteiger partial charge < -0.3 is 14.6 Å². The van der Waals surface area contributed by atoms with Crippen molar-refractivity contribution < 1.29 is 9.64 Å². The molecule has 2 aliphatic heterocycles. The van der Waals surface area contributed by atoms with E-state index in [2.05, 4.69) is 39.6 Å². The van der Waals surface area contributed by atoms with Crippen LogP contribution in [0.25, 0.3) is 10.9 Å². The molecule has 31 heavy (non-hydrogen) atoms. The highest BCUT2D eigenvalue weighted by molar-refractivity contribution is 5.79. The minimum Gasteiger partial charge on any atom is -0.376 e. The number of benzene rings is 1. The number of pyridine rings is 1. The lowest BCUT2D eigenvalue weighted by Crippen LogP contribution is -3.12. The van der Waals surface area contributed by atoms with Crippen molar-refractivity contribution in [1.29, 1.82) is 0 Å². The molecule has 8 heteroatoms. The zero-order valence-electron chi connectivity index (χ0n) is 18.1. The molecule has 2 saturated heterocycles. The first-order chi connectivity index (χ1) is 15.2. The van der Waals surface area contributed by atoms with Gasteiger partial charge in [0.25, 0.3) is 5.56 Å². The molecule has 2 fully saturated rings. The number of rotatable bonds is 5. The number of likely N-dealkylation sites (tertiary alicyclic amines) is 1. The molecule has 0 spiro atoms. The third-order valence-corrected chi connectivity index (χ3v) is 6.71. The molecule has 4 heterocycles. The Hall–Kier alpha value is -2.58. The molecule has 0 amide bonds. The van der Waals surface area contributed by atoms with Crippen LogP contribution in [0.15, 0.2) is 29.1 Å². The number of tetrazole rings is 1. The average molecular weight is 424 g/mol. The Labute approximate surface area is 181 Å². The summed E-state index contributed by atoms with van der Waals surface area (Å²) in [5.74, 6) is 0.768. The normalized spacial score (nSPS) is 21.4. The van der Waals surface area contributed by atoms with E-state index in [1.807, 2.05) is 16.8 Å².